The number of hydrogen-bond donors (Lipinski definition) is 2. The molecule has 0 radical (unpaired) electrons. The first-order chi connectivity index (χ1) is 9.24. The average Bonchev–Trinajstić information content (AvgIpc) is 2.66. The van der Waals surface area contributed by atoms with E-state index in [4.69, 9.17) is 4.74 Å². The fourth-order valence-electron chi connectivity index (χ4n) is 2.50. The van der Waals surface area contributed by atoms with E-state index in [1.807, 2.05) is 26.0 Å². The van der Waals surface area contributed by atoms with Crippen molar-refractivity contribution in [3.63, 3.8) is 0 Å². The molecule has 1 saturated carbocycles. The van der Waals surface area contributed by atoms with Crippen LogP contribution in [0.2, 0.25) is 0 Å². The normalized spacial score (nSPS) is 17.2. The predicted octanol–water partition coefficient (Wildman–Crippen LogP) is 4.11. The van der Waals surface area contributed by atoms with Crippen LogP contribution >= 0.6 is 0 Å². The third kappa shape index (κ3) is 5.11. The van der Waals surface area contributed by atoms with Gasteiger partial charge >= 0.3 is 0 Å². The van der Waals surface area contributed by atoms with Gasteiger partial charge in [0.15, 0.2) is 0 Å². The number of nitrogens with one attached hydrogen (secondary N) is 2. The maximum atomic E-state index is 5.63. The predicted molar refractivity (Wildman–Crippen MR) is 80.5 cm³/mol. The zero-order valence-electron chi connectivity index (χ0n) is 12.1. The standard InChI is InChI=1S/C16H26N2O/c1-13(2)19-16-11-9-15(10-12-16)18-17-14-7-5-3-4-6-8-14/h9-14,17-18H,3-8H2,1-2H3. The first-order valence-corrected chi connectivity index (χ1v) is 7.52. The van der Waals surface area contributed by atoms with Gasteiger partial charge in [0.2, 0.25) is 0 Å². The number of hydrazine groups is 1. The average molecular weight is 262 g/mol. The van der Waals surface area contributed by atoms with E-state index in [0.29, 0.717) is 6.04 Å². The highest BCUT2D eigenvalue weighted by atomic mass is 16.5. The highest BCUT2D eigenvalue weighted by Crippen LogP contribution is 2.19. The summed E-state index contributed by atoms with van der Waals surface area (Å²) in [4.78, 5) is 0. The molecule has 2 N–H and O–H groups in total. The Labute approximate surface area is 116 Å². The molecule has 106 valence electrons. The summed E-state index contributed by atoms with van der Waals surface area (Å²) in [5, 5.41) is 0. The smallest absolute Gasteiger partial charge is 0.119 e. The highest BCUT2D eigenvalue weighted by molar-refractivity contribution is 5.45. The molecule has 3 heteroatoms. The SMILES string of the molecule is CC(C)Oc1ccc(NNC2CCCCCC2)cc1. The molecule has 0 amide bonds. The quantitative estimate of drug-likeness (QED) is 0.619. The van der Waals surface area contributed by atoms with Crippen molar-refractivity contribution in [1.29, 1.82) is 0 Å². The minimum absolute atomic E-state index is 0.225. The Balaban J connectivity index is 1.78. The molecular weight excluding hydrogens is 236 g/mol. The van der Waals surface area contributed by atoms with Crippen molar-refractivity contribution >= 4 is 5.69 Å². The number of hydrogen-bond acceptors (Lipinski definition) is 3. The molecule has 0 heterocycles. The molecule has 0 aliphatic heterocycles. The van der Waals surface area contributed by atoms with Gasteiger partial charge < -0.3 is 10.2 Å². The maximum absolute atomic E-state index is 5.63. The summed E-state index contributed by atoms with van der Waals surface area (Å²) in [6.07, 6.45) is 8.26. The van der Waals surface area contributed by atoms with Gasteiger partial charge in [0.25, 0.3) is 0 Å². The molecule has 1 aliphatic carbocycles. The van der Waals surface area contributed by atoms with Crippen molar-refractivity contribution in [2.75, 3.05) is 5.43 Å². The molecule has 0 aromatic heterocycles. The van der Waals surface area contributed by atoms with Crippen molar-refractivity contribution in [2.45, 2.75) is 64.5 Å². The molecule has 0 unspecified atom stereocenters. The summed E-state index contributed by atoms with van der Waals surface area (Å²) in [5.74, 6) is 0.926. The first-order valence-electron chi connectivity index (χ1n) is 7.52. The summed E-state index contributed by atoms with van der Waals surface area (Å²) in [5.41, 5.74) is 7.86. The third-order valence-electron chi connectivity index (χ3n) is 3.50. The van der Waals surface area contributed by atoms with Crippen molar-refractivity contribution in [1.82, 2.24) is 5.43 Å². The van der Waals surface area contributed by atoms with Crippen molar-refractivity contribution in [2.24, 2.45) is 0 Å². The molecular formula is C16H26N2O. The van der Waals surface area contributed by atoms with E-state index in [1.54, 1.807) is 0 Å². The molecule has 1 fully saturated rings. The summed E-state index contributed by atoms with van der Waals surface area (Å²) >= 11 is 0. The molecule has 1 aliphatic rings. The lowest BCUT2D eigenvalue weighted by Crippen LogP contribution is -2.33. The highest BCUT2D eigenvalue weighted by Gasteiger charge is 2.11. The Morgan fingerprint density at radius 2 is 1.63 bits per heavy atom. The lowest BCUT2D eigenvalue weighted by Gasteiger charge is -2.18. The van der Waals surface area contributed by atoms with E-state index in [-0.39, 0.29) is 6.10 Å². The topological polar surface area (TPSA) is 33.3 Å². The summed E-state index contributed by atoms with van der Waals surface area (Å²) in [6.45, 7) is 4.08. The van der Waals surface area contributed by atoms with Gasteiger partial charge in [0.1, 0.15) is 5.75 Å². The Kier molecular flexibility index (Phi) is 5.52. The van der Waals surface area contributed by atoms with Gasteiger partial charge in [0, 0.05) is 11.7 Å². The van der Waals surface area contributed by atoms with Crippen LogP contribution in [-0.4, -0.2) is 12.1 Å². The van der Waals surface area contributed by atoms with Crippen molar-refractivity contribution in [3.8, 4) is 5.75 Å². The summed E-state index contributed by atoms with van der Waals surface area (Å²) in [6, 6.07) is 8.74. The number of anilines is 1. The minimum Gasteiger partial charge on any atom is -0.491 e. The van der Waals surface area contributed by atoms with Crippen LogP contribution in [0, 0.1) is 0 Å². The van der Waals surface area contributed by atoms with Crippen LogP contribution in [0.1, 0.15) is 52.4 Å². The van der Waals surface area contributed by atoms with Gasteiger partial charge in [-0.1, -0.05) is 25.7 Å². The molecule has 1 aromatic rings. The van der Waals surface area contributed by atoms with Gasteiger partial charge in [-0.2, -0.15) is 0 Å². The Bertz CT molecular complexity index is 354. The van der Waals surface area contributed by atoms with Gasteiger partial charge in [0.05, 0.1) is 6.10 Å². The van der Waals surface area contributed by atoms with Crippen LogP contribution in [0.5, 0.6) is 5.75 Å². The van der Waals surface area contributed by atoms with Crippen LogP contribution < -0.4 is 15.6 Å². The van der Waals surface area contributed by atoms with Gasteiger partial charge in [-0.3, -0.25) is 0 Å². The van der Waals surface area contributed by atoms with Crippen LogP contribution in [0.25, 0.3) is 0 Å². The van der Waals surface area contributed by atoms with Crippen LogP contribution in [0.3, 0.4) is 0 Å². The zero-order chi connectivity index (χ0) is 13.5. The Morgan fingerprint density at radius 3 is 2.21 bits per heavy atom. The molecule has 0 spiro atoms. The van der Waals surface area contributed by atoms with Crippen LogP contribution in [-0.2, 0) is 0 Å². The number of ether oxygens (including phenoxy) is 1. The molecule has 0 bridgehead atoms. The molecule has 0 atom stereocenters. The van der Waals surface area contributed by atoms with E-state index < -0.39 is 0 Å². The summed E-state index contributed by atoms with van der Waals surface area (Å²) < 4.78 is 5.63. The van der Waals surface area contributed by atoms with E-state index >= 15 is 0 Å². The maximum Gasteiger partial charge on any atom is 0.119 e. The molecule has 19 heavy (non-hydrogen) atoms. The van der Waals surface area contributed by atoms with E-state index in [9.17, 15) is 0 Å². The largest absolute Gasteiger partial charge is 0.491 e. The van der Waals surface area contributed by atoms with Gasteiger partial charge in [-0.05, 0) is 51.0 Å². The first kappa shape index (κ1) is 14.2. The second-order valence-electron chi connectivity index (χ2n) is 5.65. The Hall–Kier alpha value is -1.22. The van der Waals surface area contributed by atoms with E-state index in [2.05, 4.69) is 23.0 Å². The third-order valence-corrected chi connectivity index (χ3v) is 3.50. The zero-order valence-corrected chi connectivity index (χ0v) is 12.1. The lowest BCUT2D eigenvalue weighted by atomic mass is 10.1. The van der Waals surface area contributed by atoms with Crippen molar-refractivity contribution in [3.05, 3.63) is 24.3 Å². The number of benzene rings is 1. The summed E-state index contributed by atoms with van der Waals surface area (Å²) in [7, 11) is 0. The molecule has 2 rings (SSSR count). The van der Waals surface area contributed by atoms with Crippen LogP contribution in [0.15, 0.2) is 24.3 Å². The van der Waals surface area contributed by atoms with Crippen molar-refractivity contribution < 1.29 is 4.74 Å². The second kappa shape index (κ2) is 7.39. The monoisotopic (exact) mass is 262 g/mol. The lowest BCUT2D eigenvalue weighted by molar-refractivity contribution is 0.242. The second-order valence-corrected chi connectivity index (χ2v) is 5.65. The van der Waals surface area contributed by atoms with Gasteiger partial charge in [-0.25, -0.2) is 5.43 Å². The number of rotatable bonds is 5. The minimum atomic E-state index is 0.225. The fraction of sp³-hybridized carbons (Fsp3) is 0.625. The van der Waals surface area contributed by atoms with Crippen LogP contribution in [0.4, 0.5) is 5.69 Å². The molecule has 0 saturated heterocycles. The van der Waals surface area contributed by atoms with E-state index in [1.165, 1.54) is 38.5 Å². The molecule has 1 aromatic carbocycles. The van der Waals surface area contributed by atoms with E-state index in [0.717, 1.165) is 11.4 Å². The fourth-order valence-corrected chi connectivity index (χ4v) is 2.50. The van der Waals surface area contributed by atoms with Gasteiger partial charge in [-0.15, -0.1) is 0 Å². The Morgan fingerprint density at radius 1 is 1.00 bits per heavy atom. The molecule has 3 nitrogen and oxygen atoms in total.